The first kappa shape index (κ1) is 13.6. The van der Waals surface area contributed by atoms with Crippen LogP contribution in [-0.4, -0.2) is 16.2 Å². The van der Waals surface area contributed by atoms with Crippen molar-refractivity contribution in [3.63, 3.8) is 0 Å². The Bertz CT molecular complexity index is 797. The van der Waals surface area contributed by atoms with Gasteiger partial charge in [0.1, 0.15) is 12.4 Å². The molecule has 0 spiro atoms. The summed E-state index contributed by atoms with van der Waals surface area (Å²) in [6, 6.07) is 15.1. The zero-order valence-electron chi connectivity index (χ0n) is 11.2. The first-order valence-corrected chi connectivity index (χ1v) is 7.09. The zero-order chi connectivity index (χ0) is 14.8. The van der Waals surface area contributed by atoms with E-state index < -0.39 is 0 Å². The number of halogens is 1. The number of benzene rings is 1. The van der Waals surface area contributed by atoms with Gasteiger partial charge < -0.3 is 5.11 Å². The number of hydrogen-bond donors (Lipinski definition) is 0. The third-order valence-corrected chi connectivity index (χ3v) is 3.62. The van der Waals surface area contributed by atoms with E-state index in [1.54, 1.807) is 16.8 Å². The zero-order valence-corrected chi connectivity index (χ0v) is 12.0. The normalized spacial score (nSPS) is 10.9. The molecule has 0 atom stereocenters. The standard InChI is InChI=1S/C16H13ClN2O2/c17-10-13(20)15-16(21)18-9-5-4-8-14(18)19(15)11-12-6-2-1-3-7-12/h1-9H,10-11H2. The van der Waals surface area contributed by atoms with Crippen LogP contribution in [0.1, 0.15) is 16.1 Å². The molecule has 3 aromatic rings. The van der Waals surface area contributed by atoms with E-state index in [-0.39, 0.29) is 23.2 Å². The summed E-state index contributed by atoms with van der Waals surface area (Å²) in [7, 11) is 0. The van der Waals surface area contributed by atoms with Crippen molar-refractivity contribution in [1.29, 1.82) is 0 Å². The molecule has 5 heteroatoms. The highest BCUT2D eigenvalue weighted by Gasteiger charge is 2.25. The number of pyridine rings is 1. The van der Waals surface area contributed by atoms with Gasteiger partial charge in [-0.2, -0.15) is 0 Å². The number of rotatable bonds is 4. The predicted molar refractivity (Wildman–Crippen MR) is 77.6 cm³/mol. The van der Waals surface area contributed by atoms with Crippen molar-refractivity contribution in [2.24, 2.45) is 0 Å². The quantitative estimate of drug-likeness (QED) is 0.419. The number of alkyl halides is 1. The van der Waals surface area contributed by atoms with E-state index in [0.717, 1.165) is 5.56 Å². The van der Waals surface area contributed by atoms with Crippen molar-refractivity contribution in [3.05, 3.63) is 66.0 Å². The third kappa shape index (κ3) is 2.38. The molecule has 0 bridgehead atoms. The van der Waals surface area contributed by atoms with E-state index in [4.69, 9.17) is 11.6 Å². The summed E-state index contributed by atoms with van der Waals surface area (Å²) in [4.78, 5) is 12.0. The fourth-order valence-electron chi connectivity index (χ4n) is 2.43. The van der Waals surface area contributed by atoms with Gasteiger partial charge in [0.2, 0.25) is 11.5 Å². The molecule has 3 rings (SSSR count). The van der Waals surface area contributed by atoms with E-state index in [1.165, 1.54) is 4.40 Å². The number of carbonyl (C=O) groups is 1. The van der Waals surface area contributed by atoms with Crippen LogP contribution in [0.25, 0.3) is 5.65 Å². The summed E-state index contributed by atoms with van der Waals surface area (Å²) in [5, 5.41) is 12.4. The van der Waals surface area contributed by atoms with E-state index in [1.807, 2.05) is 42.5 Å². The summed E-state index contributed by atoms with van der Waals surface area (Å²) >= 11 is 5.65. The number of Topliss-reactive ketones (excluding diaryl/α,β-unsaturated/α-hetero) is 1. The molecule has 106 valence electrons. The maximum Gasteiger partial charge on any atom is 0.286 e. The maximum atomic E-state index is 12.4. The van der Waals surface area contributed by atoms with Gasteiger partial charge in [-0.25, -0.2) is 8.97 Å². The highest BCUT2D eigenvalue weighted by molar-refractivity contribution is 6.30. The van der Waals surface area contributed by atoms with Gasteiger partial charge in [-0.1, -0.05) is 36.4 Å². The molecule has 0 saturated heterocycles. The summed E-state index contributed by atoms with van der Waals surface area (Å²) in [5.41, 5.74) is 1.82. The Kier molecular flexibility index (Phi) is 3.62. The Morgan fingerprint density at radius 3 is 2.57 bits per heavy atom. The van der Waals surface area contributed by atoms with E-state index >= 15 is 0 Å². The first-order valence-electron chi connectivity index (χ1n) is 6.55. The topological polar surface area (TPSA) is 49.2 Å². The first-order chi connectivity index (χ1) is 10.2. The van der Waals surface area contributed by atoms with Gasteiger partial charge >= 0.3 is 0 Å². The van der Waals surface area contributed by atoms with Gasteiger partial charge in [0, 0.05) is 6.07 Å². The molecule has 0 amide bonds. The van der Waals surface area contributed by atoms with Gasteiger partial charge in [-0.3, -0.25) is 4.79 Å². The largest absolute Gasteiger partial charge is 0.839 e. The Balaban J connectivity index is 2.21. The van der Waals surface area contributed by atoms with Gasteiger partial charge in [-0.15, -0.1) is 11.6 Å². The minimum Gasteiger partial charge on any atom is -0.839 e. The van der Waals surface area contributed by atoms with E-state index in [9.17, 15) is 9.90 Å². The molecular formula is C16H13ClN2O2. The summed E-state index contributed by atoms with van der Waals surface area (Å²) in [6.45, 7) is 0.453. The number of hydrogen-bond acceptors (Lipinski definition) is 2. The molecule has 1 aromatic carbocycles. The van der Waals surface area contributed by atoms with Crippen LogP contribution in [0.5, 0.6) is 5.88 Å². The lowest BCUT2D eigenvalue weighted by Crippen LogP contribution is -2.24. The molecule has 0 aliphatic heterocycles. The smallest absolute Gasteiger partial charge is 0.286 e. The second-order valence-electron chi connectivity index (χ2n) is 4.71. The average molecular weight is 301 g/mol. The van der Waals surface area contributed by atoms with Crippen LogP contribution in [0, 0.1) is 0 Å². The van der Waals surface area contributed by atoms with Crippen LogP contribution in [0.4, 0.5) is 0 Å². The average Bonchev–Trinajstić information content (AvgIpc) is 2.81. The number of nitrogens with zero attached hydrogens (tertiary/aromatic N) is 2. The van der Waals surface area contributed by atoms with Crippen molar-refractivity contribution < 1.29 is 14.3 Å². The van der Waals surface area contributed by atoms with E-state index in [0.29, 0.717) is 12.2 Å². The summed E-state index contributed by atoms with van der Waals surface area (Å²) in [6.07, 6.45) is 1.66. The van der Waals surface area contributed by atoms with Crippen molar-refractivity contribution >= 4 is 23.0 Å². The highest BCUT2D eigenvalue weighted by atomic mass is 35.5. The van der Waals surface area contributed by atoms with Crippen molar-refractivity contribution in [2.75, 3.05) is 5.88 Å². The second kappa shape index (κ2) is 5.58. The predicted octanol–water partition coefficient (Wildman–Crippen LogP) is 1.77. The second-order valence-corrected chi connectivity index (χ2v) is 4.98. The number of ketones is 1. The lowest BCUT2D eigenvalue weighted by molar-refractivity contribution is -0.582. The lowest BCUT2D eigenvalue weighted by Gasteiger charge is -2.04. The fourth-order valence-corrected chi connectivity index (χ4v) is 2.56. The molecule has 0 N–H and O–H groups in total. The maximum absolute atomic E-state index is 12.4. The van der Waals surface area contributed by atoms with Crippen LogP contribution in [0.3, 0.4) is 0 Å². The van der Waals surface area contributed by atoms with Crippen LogP contribution < -0.4 is 9.51 Å². The Hall–Kier alpha value is -2.33. The minimum atomic E-state index is -0.360. The number of aromatic nitrogens is 2. The molecule has 21 heavy (non-hydrogen) atoms. The monoisotopic (exact) mass is 300 g/mol. The number of fused-ring (bicyclic) bond motifs is 1. The molecule has 2 aromatic heterocycles. The molecule has 0 fully saturated rings. The Labute approximate surface area is 126 Å². The van der Waals surface area contributed by atoms with Gasteiger partial charge in [0.05, 0.1) is 12.1 Å². The molecule has 0 radical (unpaired) electrons. The Morgan fingerprint density at radius 1 is 1.14 bits per heavy atom. The molecule has 0 aliphatic rings. The number of imidazole rings is 1. The third-order valence-electron chi connectivity index (χ3n) is 3.38. The Morgan fingerprint density at radius 2 is 1.86 bits per heavy atom. The van der Waals surface area contributed by atoms with Crippen molar-refractivity contribution in [2.45, 2.75) is 6.54 Å². The van der Waals surface area contributed by atoms with Gasteiger partial charge in [-0.05, 0) is 11.6 Å². The SMILES string of the molecule is O=C(CCl)c1c([O-])[n+]2ccccc2n1Cc1ccccc1. The molecule has 0 unspecified atom stereocenters. The molecular weight excluding hydrogens is 288 g/mol. The van der Waals surface area contributed by atoms with Crippen LogP contribution in [0.15, 0.2) is 54.7 Å². The minimum absolute atomic E-state index is 0.125. The van der Waals surface area contributed by atoms with Crippen molar-refractivity contribution in [3.8, 4) is 5.88 Å². The van der Waals surface area contributed by atoms with Crippen LogP contribution in [-0.2, 0) is 6.54 Å². The number of carbonyl (C=O) groups excluding carboxylic acids is 1. The van der Waals surface area contributed by atoms with Crippen LogP contribution >= 0.6 is 11.6 Å². The molecule has 0 aliphatic carbocycles. The fraction of sp³-hybridized carbons (Fsp3) is 0.125. The summed E-state index contributed by atoms with van der Waals surface area (Å²) in [5.74, 6) is -0.894. The molecule has 2 heterocycles. The van der Waals surface area contributed by atoms with Crippen molar-refractivity contribution in [1.82, 2.24) is 4.57 Å². The van der Waals surface area contributed by atoms with Gasteiger partial charge in [0.15, 0.2) is 0 Å². The van der Waals surface area contributed by atoms with Crippen LogP contribution in [0.2, 0.25) is 0 Å². The van der Waals surface area contributed by atoms with Gasteiger partial charge in [0.25, 0.3) is 5.65 Å². The molecule has 0 saturated carbocycles. The lowest BCUT2D eigenvalue weighted by atomic mass is 10.2. The summed E-state index contributed by atoms with van der Waals surface area (Å²) < 4.78 is 3.20. The molecule has 4 nitrogen and oxygen atoms in total. The van der Waals surface area contributed by atoms with E-state index in [2.05, 4.69) is 0 Å². The highest BCUT2D eigenvalue weighted by Crippen LogP contribution is 2.18.